The van der Waals surface area contributed by atoms with E-state index in [1.807, 2.05) is 12.1 Å². The summed E-state index contributed by atoms with van der Waals surface area (Å²) in [6.07, 6.45) is 4.23. The molecule has 0 saturated heterocycles. The van der Waals surface area contributed by atoms with Crippen LogP contribution in [-0.2, 0) is 0 Å². The first-order chi connectivity index (χ1) is 10.2. The molecule has 3 rings (SSSR count). The highest BCUT2D eigenvalue weighted by atomic mass is 79.9. The van der Waals surface area contributed by atoms with Crippen LogP contribution in [0.2, 0.25) is 0 Å². The van der Waals surface area contributed by atoms with Crippen LogP contribution in [0.4, 0.5) is 0 Å². The van der Waals surface area contributed by atoms with Crippen molar-refractivity contribution in [2.24, 2.45) is 0 Å². The molecule has 0 radical (unpaired) electrons. The van der Waals surface area contributed by atoms with Gasteiger partial charge in [-0.15, -0.1) is 0 Å². The van der Waals surface area contributed by atoms with Crippen LogP contribution in [0.25, 0.3) is 16.3 Å². The number of ether oxygens (including phenoxy) is 2. The van der Waals surface area contributed by atoms with Gasteiger partial charge in [0.25, 0.3) is 0 Å². The number of aromatic nitrogens is 1. The Hall–Kier alpha value is -1.81. The van der Waals surface area contributed by atoms with E-state index in [4.69, 9.17) is 9.47 Å². The van der Waals surface area contributed by atoms with Gasteiger partial charge in [-0.1, -0.05) is 13.8 Å². The van der Waals surface area contributed by atoms with E-state index in [0.29, 0.717) is 5.92 Å². The van der Waals surface area contributed by atoms with Gasteiger partial charge in [-0.2, -0.15) is 4.40 Å². The van der Waals surface area contributed by atoms with Gasteiger partial charge in [0.1, 0.15) is 0 Å². The lowest BCUT2D eigenvalue weighted by Gasteiger charge is -2.15. The average Bonchev–Trinajstić information content (AvgIpc) is 2.51. The van der Waals surface area contributed by atoms with E-state index >= 15 is 0 Å². The molecule has 0 saturated carbocycles. The molecule has 0 aliphatic heterocycles. The third-order valence-electron chi connectivity index (χ3n) is 3.89. The topological polar surface area (TPSA) is 22.6 Å². The van der Waals surface area contributed by atoms with Crippen LogP contribution in [0.5, 0.6) is 11.5 Å². The molecular formula is C18H20BrNO2. The Labute approximate surface area is 141 Å². The molecular weight excluding hydrogens is 342 g/mol. The van der Waals surface area contributed by atoms with Crippen LogP contribution in [0.3, 0.4) is 0 Å². The number of benzene rings is 1. The number of fused-ring (bicyclic) bond motifs is 2. The summed E-state index contributed by atoms with van der Waals surface area (Å²) in [4.78, 5) is 0. The van der Waals surface area contributed by atoms with Crippen molar-refractivity contribution >= 4 is 16.3 Å². The summed E-state index contributed by atoms with van der Waals surface area (Å²) in [7, 11) is 3.37. The Kier molecular flexibility index (Phi) is 4.91. The molecule has 22 heavy (non-hydrogen) atoms. The zero-order valence-electron chi connectivity index (χ0n) is 13.3. The summed E-state index contributed by atoms with van der Waals surface area (Å²) in [5.74, 6) is 1.99. The van der Waals surface area contributed by atoms with Crippen LogP contribution in [0.15, 0.2) is 42.7 Å². The first kappa shape index (κ1) is 16.6. The van der Waals surface area contributed by atoms with E-state index in [-0.39, 0.29) is 17.0 Å². The second-order valence-electron chi connectivity index (χ2n) is 5.49. The maximum absolute atomic E-state index is 5.60. The van der Waals surface area contributed by atoms with Gasteiger partial charge in [-0.25, -0.2) is 0 Å². The second-order valence-corrected chi connectivity index (χ2v) is 5.49. The van der Waals surface area contributed by atoms with Crippen molar-refractivity contribution in [1.82, 2.24) is 0 Å². The third-order valence-corrected chi connectivity index (χ3v) is 3.89. The van der Waals surface area contributed by atoms with Gasteiger partial charge in [-0.05, 0) is 23.6 Å². The van der Waals surface area contributed by atoms with Gasteiger partial charge in [-0.3, -0.25) is 0 Å². The standard InChI is InChI=1S/C18H20NO2.BrH/c1-12(2)14-10-17(20-3)18(21-4)15-9-13-7-5-6-8-19(13)11-16(14)15;/h5-12H,1-4H3;1H/q+1;/p-1. The number of methoxy groups -OCH3 is 2. The molecule has 4 heteroatoms. The molecule has 0 spiro atoms. The number of nitrogens with zero attached hydrogens (tertiary/aromatic N) is 1. The summed E-state index contributed by atoms with van der Waals surface area (Å²) in [5, 5.41) is 2.29. The molecule has 2 heterocycles. The smallest absolute Gasteiger partial charge is 0.211 e. The zero-order chi connectivity index (χ0) is 15.0. The maximum atomic E-state index is 5.60. The summed E-state index contributed by atoms with van der Waals surface area (Å²) < 4.78 is 13.3. The predicted molar refractivity (Wildman–Crippen MR) is 84.3 cm³/mol. The third kappa shape index (κ3) is 2.63. The second kappa shape index (κ2) is 6.53. The van der Waals surface area contributed by atoms with E-state index < -0.39 is 0 Å². The van der Waals surface area contributed by atoms with Crippen molar-refractivity contribution in [2.45, 2.75) is 19.8 Å². The van der Waals surface area contributed by atoms with Gasteiger partial charge in [0, 0.05) is 23.6 Å². The van der Waals surface area contributed by atoms with Gasteiger partial charge in [0.2, 0.25) is 5.52 Å². The number of hydrogen-bond acceptors (Lipinski definition) is 2. The van der Waals surface area contributed by atoms with Gasteiger partial charge in [0.15, 0.2) is 23.9 Å². The van der Waals surface area contributed by atoms with Crippen molar-refractivity contribution in [3.63, 3.8) is 0 Å². The highest BCUT2D eigenvalue weighted by Crippen LogP contribution is 2.40. The summed E-state index contributed by atoms with van der Waals surface area (Å²) >= 11 is 0. The molecule has 3 nitrogen and oxygen atoms in total. The van der Waals surface area contributed by atoms with Crippen LogP contribution in [0.1, 0.15) is 25.3 Å². The SMILES string of the molecule is COc1cc(C(C)C)c2c[n+]3ccccc3cc2c1OC.[Br-]. The van der Waals surface area contributed by atoms with Crippen LogP contribution in [-0.4, -0.2) is 14.2 Å². The minimum Gasteiger partial charge on any atom is -1.00 e. The Morgan fingerprint density at radius 3 is 2.41 bits per heavy atom. The molecule has 0 N–H and O–H groups in total. The maximum Gasteiger partial charge on any atom is 0.211 e. The average molecular weight is 362 g/mol. The van der Waals surface area contributed by atoms with Crippen molar-refractivity contribution in [1.29, 1.82) is 0 Å². The Balaban J connectivity index is 0.00000176. The quantitative estimate of drug-likeness (QED) is 0.506. The van der Waals surface area contributed by atoms with Crippen molar-refractivity contribution in [3.8, 4) is 11.5 Å². The van der Waals surface area contributed by atoms with Gasteiger partial charge >= 0.3 is 0 Å². The van der Waals surface area contributed by atoms with Gasteiger partial charge in [0.05, 0.1) is 19.6 Å². The molecule has 116 valence electrons. The number of rotatable bonds is 3. The van der Waals surface area contributed by atoms with Crippen molar-refractivity contribution in [3.05, 3.63) is 48.3 Å². The van der Waals surface area contributed by atoms with E-state index in [1.165, 1.54) is 10.9 Å². The molecule has 0 aliphatic carbocycles. The molecule has 0 atom stereocenters. The fourth-order valence-corrected chi connectivity index (χ4v) is 2.82. The van der Waals surface area contributed by atoms with Crippen molar-refractivity contribution < 1.29 is 30.9 Å². The van der Waals surface area contributed by atoms with Gasteiger partial charge < -0.3 is 26.5 Å². The lowest BCUT2D eigenvalue weighted by Crippen LogP contribution is -3.00. The van der Waals surface area contributed by atoms with E-state index in [1.54, 1.807) is 14.2 Å². The van der Waals surface area contributed by atoms with E-state index in [9.17, 15) is 0 Å². The minimum atomic E-state index is 0. The van der Waals surface area contributed by atoms with Crippen molar-refractivity contribution in [2.75, 3.05) is 14.2 Å². The summed E-state index contributed by atoms with van der Waals surface area (Å²) in [6.45, 7) is 4.39. The number of halogens is 1. The molecule has 0 aliphatic rings. The predicted octanol–water partition coefficient (Wildman–Crippen LogP) is 0.723. The fourth-order valence-electron chi connectivity index (χ4n) is 2.82. The summed E-state index contributed by atoms with van der Waals surface area (Å²) in [5.41, 5.74) is 2.40. The van der Waals surface area contributed by atoms with Crippen LogP contribution >= 0.6 is 0 Å². The molecule has 0 fully saturated rings. The first-order valence-corrected chi connectivity index (χ1v) is 7.14. The molecule has 1 aromatic carbocycles. The fraction of sp³-hybridized carbons (Fsp3) is 0.278. The Bertz CT molecular complexity index is 815. The monoisotopic (exact) mass is 361 g/mol. The van der Waals surface area contributed by atoms with Crippen LogP contribution in [0, 0.1) is 0 Å². The highest BCUT2D eigenvalue weighted by molar-refractivity contribution is 5.94. The molecule has 3 aromatic rings. The molecule has 0 bridgehead atoms. The van der Waals surface area contributed by atoms with E-state index in [0.717, 1.165) is 22.4 Å². The zero-order valence-corrected chi connectivity index (χ0v) is 14.8. The first-order valence-electron chi connectivity index (χ1n) is 7.14. The molecule has 0 amide bonds. The largest absolute Gasteiger partial charge is 1.00 e. The lowest BCUT2D eigenvalue weighted by atomic mass is 9.96. The molecule has 2 aromatic heterocycles. The Morgan fingerprint density at radius 1 is 1.00 bits per heavy atom. The molecule has 0 unspecified atom stereocenters. The Morgan fingerprint density at radius 2 is 1.77 bits per heavy atom. The van der Waals surface area contributed by atoms with E-state index in [2.05, 4.69) is 48.8 Å². The highest BCUT2D eigenvalue weighted by Gasteiger charge is 2.18. The lowest BCUT2D eigenvalue weighted by molar-refractivity contribution is -0.510. The number of pyridine rings is 2. The number of hydrogen-bond donors (Lipinski definition) is 0. The minimum absolute atomic E-state index is 0. The summed E-state index contributed by atoms with van der Waals surface area (Å²) in [6, 6.07) is 10.4. The normalized spacial score (nSPS) is 10.8. The van der Waals surface area contributed by atoms with Crippen LogP contribution < -0.4 is 30.9 Å².